The number of hydrogen-bond donors (Lipinski definition) is 0. The van der Waals surface area contributed by atoms with Crippen LogP contribution in [0.5, 0.6) is 0 Å². The minimum atomic E-state index is 0.616. The van der Waals surface area contributed by atoms with E-state index in [0.717, 1.165) is 27.3 Å². The van der Waals surface area contributed by atoms with Crippen molar-refractivity contribution in [1.29, 1.82) is 0 Å². The molecule has 0 bridgehead atoms. The lowest BCUT2D eigenvalue weighted by Crippen LogP contribution is -1.77. The molecule has 80 valence electrons. The molecule has 0 aliphatic carbocycles. The van der Waals surface area contributed by atoms with Crippen LogP contribution in [0.4, 0.5) is 0 Å². The highest BCUT2D eigenvalue weighted by atomic mass is 16.3. The Bertz CT molecular complexity index is 845. The molecule has 0 atom stereocenters. The van der Waals surface area contributed by atoms with Crippen LogP contribution < -0.4 is 0 Å². The molecule has 0 N–H and O–H groups in total. The molecule has 3 aromatic heterocycles. The number of aromatic nitrogens is 3. The highest BCUT2D eigenvalue weighted by molar-refractivity contribution is 6.07. The van der Waals surface area contributed by atoms with Gasteiger partial charge in [0.15, 0.2) is 0 Å². The third-order valence-corrected chi connectivity index (χ3v) is 2.88. The van der Waals surface area contributed by atoms with Crippen LogP contribution in [-0.4, -0.2) is 15.0 Å². The topological polar surface area (TPSA) is 51.8 Å². The minimum absolute atomic E-state index is 0.616. The van der Waals surface area contributed by atoms with Crippen molar-refractivity contribution >= 4 is 33.0 Å². The zero-order valence-corrected chi connectivity index (χ0v) is 8.79. The lowest BCUT2D eigenvalue weighted by molar-refractivity contribution is 0.653. The highest BCUT2D eigenvalue weighted by Gasteiger charge is 2.08. The van der Waals surface area contributed by atoms with Gasteiger partial charge in [-0.15, -0.1) is 0 Å². The van der Waals surface area contributed by atoms with E-state index in [1.54, 1.807) is 12.4 Å². The Hall–Kier alpha value is -2.49. The van der Waals surface area contributed by atoms with Crippen LogP contribution >= 0.6 is 0 Å². The number of benzene rings is 1. The normalized spacial score (nSPS) is 11.5. The van der Waals surface area contributed by atoms with Gasteiger partial charge in [0.2, 0.25) is 5.71 Å². The van der Waals surface area contributed by atoms with Crippen molar-refractivity contribution in [2.24, 2.45) is 0 Å². The molecule has 4 heteroatoms. The summed E-state index contributed by atoms with van der Waals surface area (Å²) in [6.07, 6.45) is 5.04. The van der Waals surface area contributed by atoms with E-state index in [2.05, 4.69) is 15.0 Å². The highest BCUT2D eigenvalue weighted by Crippen LogP contribution is 2.29. The fourth-order valence-corrected chi connectivity index (χ4v) is 2.08. The molecule has 0 amide bonds. The Labute approximate surface area is 95.9 Å². The fraction of sp³-hybridized carbons (Fsp3) is 0. The van der Waals surface area contributed by atoms with Crippen molar-refractivity contribution in [2.45, 2.75) is 0 Å². The van der Waals surface area contributed by atoms with Crippen LogP contribution in [0.2, 0.25) is 0 Å². The van der Waals surface area contributed by atoms with E-state index in [-0.39, 0.29) is 0 Å². The Kier molecular flexibility index (Phi) is 1.53. The van der Waals surface area contributed by atoms with E-state index in [1.807, 2.05) is 24.3 Å². The van der Waals surface area contributed by atoms with E-state index >= 15 is 0 Å². The second-order valence-electron chi connectivity index (χ2n) is 3.89. The van der Waals surface area contributed by atoms with Gasteiger partial charge >= 0.3 is 0 Å². The van der Waals surface area contributed by atoms with Crippen molar-refractivity contribution in [1.82, 2.24) is 15.0 Å². The predicted molar refractivity (Wildman–Crippen MR) is 64.6 cm³/mol. The first-order valence-corrected chi connectivity index (χ1v) is 5.29. The van der Waals surface area contributed by atoms with Crippen LogP contribution in [0, 0.1) is 0 Å². The smallest absolute Gasteiger partial charge is 0.230 e. The fourth-order valence-electron chi connectivity index (χ4n) is 2.08. The molecule has 0 radical (unpaired) electrons. The van der Waals surface area contributed by atoms with Crippen molar-refractivity contribution < 1.29 is 4.42 Å². The number of furan rings is 1. The van der Waals surface area contributed by atoms with Gasteiger partial charge in [-0.25, -0.2) is 9.97 Å². The zero-order chi connectivity index (χ0) is 11.2. The van der Waals surface area contributed by atoms with Gasteiger partial charge < -0.3 is 4.42 Å². The molecule has 0 aliphatic rings. The second kappa shape index (κ2) is 3.01. The monoisotopic (exact) mass is 221 g/mol. The second-order valence-corrected chi connectivity index (χ2v) is 3.89. The van der Waals surface area contributed by atoms with Crippen LogP contribution in [0.1, 0.15) is 0 Å². The number of nitrogens with zero attached hydrogens (tertiary/aromatic N) is 3. The van der Waals surface area contributed by atoms with Crippen molar-refractivity contribution in [3.8, 4) is 0 Å². The van der Waals surface area contributed by atoms with Crippen LogP contribution in [0.15, 0.2) is 47.4 Å². The summed E-state index contributed by atoms with van der Waals surface area (Å²) in [5, 5.41) is 2.99. The van der Waals surface area contributed by atoms with Crippen LogP contribution in [-0.2, 0) is 0 Å². The molecule has 17 heavy (non-hydrogen) atoms. The predicted octanol–water partition coefficient (Wildman–Crippen LogP) is 2.92. The molecular weight excluding hydrogens is 214 g/mol. The number of pyridine rings is 1. The molecule has 3 heterocycles. The zero-order valence-electron chi connectivity index (χ0n) is 8.79. The molecule has 1 aromatic carbocycles. The van der Waals surface area contributed by atoms with Crippen molar-refractivity contribution in [3.05, 3.63) is 43.0 Å². The molecule has 0 saturated heterocycles. The number of fused-ring (bicyclic) bond motifs is 4. The maximum absolute atomic E-state index is 5.68. The number of hydrogen-bond acceptors (Lipinski definition) is 4. The van der Waals surface area contributed by atoms with Gasteiger partial charge in [0.1, 0.15) is 11.9 Å². The Morgan fingerprint density at radius 2 is 2.06 bits per heavy atom. The maximum Gasteiger partial charge on any atom is 0.230 e. The lowest BCUT2D eigenvalue weighted by atomic mass is 10.1. The molecule has 0 fully saturated rings. The summed E-state index contributed by atoms with van der Waals surface area (Å²) in [7, 11) is 0. The first kappa shape index (κ1) is 8.64. The van der Waals surface area contributed by atoms with Crippen molar-refractivity contribution in [2.75, 3.05) is 0 Å². The van der Waals surface area contributed by atoms with Gasteiger partial charge in [-0.05, 0) is 18.2 Å². The summed E-state index contributed by atoms with van der Waals surface area (Å²) in [5.74, 6) is 0. The molecule has 0 unspecified atom stereocenters. The summed E-state index contributed by atoms with van der Waals surface area (Å²) in [5.41, 5.74) is 2.39. The average Bonchev–Trinajstić information content (AvgIpc) is 2.73. The minimum Gasteiger partial charge on any atom is -0.438 e. The molecule has 0 aliphatic heterocycles. The van der Waals surface area contributed by atoms with Gasteiger partial charge in [-0.1, -0.05) is 6.07 Å². The standard InChI is InChI=1S/C13H7N3O/c1-2-8-4-12-9(5-11(8)15-3-1)10-6-14-7-16-13(10)17-12/h1-7H. The maximum atomic E-state index is 5.68. The molecule has 0 spiro atoms. The van der Waals surface area contributed by atoms with Crippen molar-refractivity contribution in [3.63, 3.8) is 0 Å². The Balaban J connectivity index is 2.28. The summed E-state index contributed by atoms with van der Waals surface area (Å²) < 4.78 is 5.68. The van der Waals surface area contributed by atoms with Gasteiger partial charge in [0.05, 0.1) is 10.9 Å². The molecule has 4 nitrogen and oxygen atoms in total. The SMILES string of the molecule is c1cnc2cc3c(cc2c1)oc1ncncc13. The van der Waals surface area contributed by atoms with E-state index < -0.39 is 0 Å². The average molecular weight is 221 g/mol. The molecule has 0 saturated carbocycles. The third-order valence-electron chi connectivity index (χ3n) is 2.88. The van der Waals surface area contributed by atoms with Gasteiger partial charge in [0, 0.05) is 23.2 Å². The van der Waals surface area contributed by atoms with Gasteiger partial charge in [0.25, 0.3) is 0 Å². The largest absolute Gasteiger partial charge is 0.438 e. The first-order chi connectivity index (χ1) is 8.42. The summed E-state index contributed by atoms with van der Waals surface area (Å²) in [4.78, 5) is 12.5. The van der Waals surface area contributed by atoms with E-state index in [9.17, 15) is 0 Å². The molecule has 4 rings (SSSR count). The summed E-state index contributed by atoms with van der Waals surface area (Å²) >= 11 is 0. The van der Waals surface area contributed by atoms with Crippen LogP contribution in [0.25, 0.3) is 33.0 Å². The van der Waals surface area contributed by atoms with Gasteiger partial charge in [-0.3, -0.25) is 4.98 Å². The summed E-state index contributed by atoms with van der Waals surface area (Å²) in [6.45, 7) is 0. The van der Waals surface area contributed by atoms with Gasteiger partial charge in [-0.2, -0.15) is 0 Å². The summed E-state index contributed by atoms with van der Waals surface area (Å²) in [6, 6.07) is 7.93. The van der Waals surface area contributed by atoms with E-state index in [1.165, 1.54) is 6.33 Å². The quantitative estimate of drug-likeness (QED) is 0.458. The molecular formula is C13H7N3O. The third kappa shape index (κ3) is 1.15. The first-order valence-electron chi connectivity index (χ1n) is 5.29. The lowest BCUT2D eigenvalue weighted by Gasteiger charge is -1.95. The van der Waals surface area contributed by atoms with E-state index in [0.29, 0.717) is 5.71 Å². The Morgan fingerprint density at radius 1 is 1.06 bits per heavy atom. The Morgan fingerprint density at radius 3 is 3.06 bits per heavy atom. The molecule has 4 aromatic rings. The number of rotatable bonds is 0. The van der Waals surface area contributed by atoms with Crippen LogP contribution in [0.3, 0.4) is 0 Å². The van der Waals surface area contributed by atoms with E-state index in [4.69, 9.17) is 4.42 Å².